The van der Waals surface area contributed by atoms with E-state index >= 15 is 0 Å². The molecule has 2 N–H and O–H groups in total. The highest BCUT2D eigenvalue weighted by Crippen LogP contribution is 2.36. The molecule has 34 heavy (non-hydrogen) atoms. The smallest absolute Gasteiger partial charge is 0.332 e. The summed E-state index contributed by atoms with van der Waals surface area (Å²) in [5, 5.41) is 8.42. The first-order chi connectivity index (χ1) is 16.1. The lowest BCUT2D eigenvalue weighted by molar-refractivity contribution is -0.137. The van der Waals surface area contributed by atoms with E-state index in [1.54, 1.807) is 25.1 Å². The largest absolute Gasteiger partial charge is 0.416 e. The Hall–Kier alpha value is -3.57. The van der Waals surface area contributed by atoms with E-state index < -0.39 is 17.6 Å². The highest BCUT2D eigenvalue weighted by molar-refractivity contribution is 7.20. The highest BCUT2D eigenvalue weighted by Gasteiger charge is 2.31. The third kappa shape index (κ3) is 5.32. The fourth-order valence-electron chi connectivity index (χ4n) is 3.07. The molecule has 0 fully saturated rings. The van der Waals surface area contributed by atoms with E-state index in [1.807, 2.05) is 11.4 Å². The molecule has 0 saturated heterocycles. The van der Waals surface area contributed by atoms with Crippen molar-refractivity contribution in [2.75, 3.05) is 10.6 Å². The van der Waals surface area contributed by atoms with Crippen LogP contribution in [0.2, 0.25) is 0 Å². The molecule has 0 aliphatic rings. The van der Waals surface area contributed by atoms with Crippen LogP contribution in [0.25, 0.3) is 10.6 Å². The van der Waals surface area contributed by atoms with Gasteiger partial charge < -0.3 is 5.32 Å². The molecule has 174 valence electrons. The van der Waals surface area contributed by atoms with E-state index in [9.17, 15) is 22.8 Å². The van der Waals surface area contributed by atoms with Gasteiger partial charge in [-0.05, 0) is 44.2 Å². The summed E-state index contributed by atoms with van der Waals surface area (Å²) in [6, 6.07) is 11.3. The molecule has 2 aromatic heterocycles. The van der Waals surface area contributed by atoms with Crippen molar-refractivity contribution in [2.45, 2.75) is 20.0 Å². The van der Waals surface area contributed by atoms with Gasteiger partial charge in [-0.15, -0.1) is 11.3 Å². The predicted octanol–water partition coefficient (Wildman–Crippen LogP) is 6.79. The van der Waals surface area contributed by atoms with Gasteiger partial charge in [0.1, 0.15) is 0 Å². The third-order valence-electron chi connectivity index (χ3n) is 4.73. The van der Waals surface area contributed by atoms with Crippen LogP contribution in [0.5, 0.6) is 0 Å². The number of Topliss-reactive ketones (excluding diaryl/α,β-unsaturated/α-hetero) is 1. The Kier molecular flexibility index (Phi) is 6.49. The van der Waals surface area contributed by atoms with Gasteiger partial charge in [-0.2, -0.15) is 13.2 Å². The van der Waals surface area contributed by atoms with Gasteiger partial charge in [0.25, 0.3) is 5.91 Å². The van der Waals surface area contributed by atoms with E-state index in [0.717, 1.165) is 22.7 Å². The number of amides is 1. The molecule has 0 unspecified atom stereocenters. The summed E-state index contributed by atoms with van der Waals surface area (Å²) < 4.78 is 38.8. The molecule has 6 nitrogen and oxygen atoms in total. The number of hydrogen-bond donors (Lipinski definition) is 2. The van der Waals surface area contributed by atoms with Gasteiger partial charge in [-0.25, -0.2) is 9.97 Å². The van der Waals surface area contributed by atoms with Gasteiger partial charge in [0, 0.05) is 22.2 Å². The summed E-state index contributed by atoms with van der Waals surface area (Å²) in [5.74, 6) is -0.721. The van der Waals surface area contributed by atoms with Crippen LogP contribution in [0, 0.1) is 6.92 Å². The normalized spacial score (nSPS) is 11.3. The summed E-state index contributed by atoms with van der Waals surface area (Å²) in [6.07, 6.45) is -4.54. The van der Waals surface area contributed by atoms with E-state index in [4.69, 9.17) is 0 Å². The number of anilines is 3. The molecule has 2 aromatic carbocycles. The number of hydrogen-bond acceptors (Lipinski definition) is 7. The van der Waals surface area contributed by atoms with Crippen molar-refractivity contribution in [3.63, 3.8) is 0 Å². The molecule has 0 aliphatic heterocycles. The van der Waals surface area contributed by atoms with Crippen molar-refractivity contribution >= 4 is 50.3 Å². The molecule has 4 aromatic rings. The lowest BCUT2D eigenvalue weighted by atomic mass is 10.1. The lowest BCUT2D eigenvalue weighted by Gasteiger charge is -2.08. The molecular formula is C23H17F3N4O2S2. The van der Waals surface area contributed by atoms with Crippen molar-refractivity contribution in [3.8, 4) is 10.6 Å². The van der Waals surface area contributed by atoms with Crippen LogP contribution in [0.4, 0.5) is 29.1 Å². The second-order valence-corrected chi connectivity index (χ2v) is 9.12. The predicted molar refractivity (Wildman–Crippen MR) is 127 cm³/mol. The topological polar surface area (TPSA) is 84.0 Å². The number of carbonyl (C=O) groups is 2. The molecule has 0 aliphatic carbocycles. The van der Waals surface area contributed by atoms with E-state index in [2.05, 4.69) is 20.6 Å². The zero-order valence-electron chi connectivity index (χ0n) is 17.9. The number of aryl methyl sites for hydroxylation is 1. The highest BCUT2D eigenvalue weighted by atomic mass is 32.1. The van der Waals surface area contributed by atoms with Crippen molar-refractivity contribution in [1.82, 2.24) is 9.97 Å². The molecule has 0 radical (unpaired) electrons. The Labute approximate surface area is 200 Å². The number of halogens is 3. The maximum atomic E-state index is 12.9. The molecular weight excluding hydrogens is 485 g/mol. The van der Waals surface area contributed by atoms with Crippen LogP contribution in [0.1, 0.15) is 38.9 Å². The van der Waals surface area contributed by atoms with Crippen LogP contribution in [0.15, 0.2) is 53.9 Å². The Morgan fingerprint density at radius 2 is 1.71 bits per heavy atom. The number of aromatic nitrogens is 2. The fraction of sp³-hybridized carbons (Fsp3) is 0.130. The first-order valence-electron chi connectivity index (χ1n) is 9.90. The maximum absolute atomic E-state index is 12.9. The van der Waals surface area contributed by atoms with Crippen molar-refractivity contribution < 1.29 is 22.8 Å². The molecule has 2 heterocycles. The third-order valence-corrected chi connectivity index (χ3v) is 6.58. The van der Waals surface area contributed by atoms with Gasteiger partial charge in [-0.1, -0.05) is 29.5 Å². The number of thiazole rings is 2. The Bertz CT molecular complexity index is 1380. The van der Waals surface area contributed by atoms with Crippen molar-refractivity contribution in [1.29, 1.82) is 0 Å². The van der Waals surface area contributed by atoms with Crippen molar-refractivity contribution in [2.24, 2.45) is 0 Å². The monoisotopic (exact) mass is 502 g/mol. The Morgan fingerprint density at radius 1 is 0.971 bits per heavy atom. The molecule has 11 heteroatoms. The summed E-state index contributed by atoms with van der Waals surface area (Å²) >= 11 is 2.54. The van der Waals surface area contributed by atoms with E-state index in [0.29, 0.717) is 22.1 Å². The molecule has 0 saturated carbocycles. The van der Waals surface area contributed by atoms with Gasteiger partial charge >= 0.3 is 6.18 Å². The number of ketones is 1. The maximum Gasteiger partial charge on any atom is 0.416 e. The summed E-state index contributed by atoms with van der Waals surface area (Å²) in [5.41, 5.74) is 1.57. The van der Waals surface area contributed by atoms with E-state index in [-0.39, 0.29) is 16.5 Å². The first-order valence-corrected chi connectivity index (χ1v) is 11.6. The SMILES string of the molecule is CC(=O)c1cccc(Nc2nc(-c3sc(NC(=O)c4cccc(C(F)(F)F)c4)nc3C)cs2)c1. The standard InChI is InChI=1S/C23H17F3N4O2S2/c1-12-19(18-11-33-21(29-18)28-17-8-4-5-14(10-17)13(2)31)34-22(27-12)30-20(32)15-6-3-7-16(9-15)23(24,25)26/h3-11H,1-2H3,(H,28,29)(H,27,30,32). The first kappa shape index (κ1) is 23.6. The summed E-state index contributed by atoms with van der Waals surface area (Å²) in [6.45, 7) is 3.26. The zero-order chi connectivity index (χ0) is 24.5. The van der Waals surface area contributed by atoms with E-state index in [1.165, 1.54) is 41.7 Å². The van der Waals surface area contributed by atoms with Crippen LogP contribution in [-0.4, -0.2) is 21.7 Å². The van der Waals surface area contributed by atoms with Crippen molar-refractivity contribution in [3.05, 3.63) is 76.3 Å². The molecule has 1 amide bonds. The van der Waals surface area contributed by atoms with Gasteiger partial charge in [0.05, 0.1) is 21.8 Å². The Morgan fingerprint density at radius 3 is 2.44 bits per heavy atom. The average molecular weight is 503 g/mol. The molecule has 4 rings (SSSR count). The minimum absolute atomic E-state index is 0.0385. The Balaban J connectivity index is 1.50. The fourth-order valence-corrected chi connectivity index (χ4v) is 4.79. The molecule has 0 spiro atoms. The minimum Gasteiger partial charge on any atom is -0.332 e. The van der Waals surface area contributed by atoms with Crippen LogP contribution in [-0.2, 0) is 6.18 Å². The second kappa shape index (κ2) is 9.35. The molecule has 0 atom stereocenters. The summed E-state index contributed by atoms with van der Waals surface area (Å²) in [4.78, 5) is 33.7. The van der Waals surface area contributed by atoms with Gasteiger partial charge in [0.2, 0.25) is 0 Å². The lowest BCUT2D eigenvalue weighted by Crippen LogP contribution is -2.13. The number of nitrogens with zero attached hydrogens (tertiary/aromatic N) is 2. The average Bonchev–Trinajstić information content (AvgIpc) is 3.39. The number of carbonyl (C=O) groups excluding carboxylic acids is 2. The van der Waals surface area contributed by atoms with Crippen LogP contribution < -0.4 is 10.6 Å². The van der Waals surface area contributed by atoms with Crippen LogP contribution in [0.3, 0.4) is 0 Å². The quantitative estimate of drug-likeness (QED) is 0.284. The van der Waals surface area contributed by atoms with Gasteiger partial charge in [0.15, 0.2) is 16.0 Å². The number of benzene rings is 2. The number of nitrogens with one attached hydrogen (secondary N) is 2. The number of alkyl halides is 3. The van der Waals surface area contributed by atoms with Gasteiger partial charge in [-0.3, -0.25) is 14.9 Å². The number of rotatable bonds is 6. The summed E-state index contributed by atoms with van der Waals surface area (Å²) in [7, 11) is 0. The minimum atomic E-state index is -4.54. The van der Waals surface area contributed by atoms with Crippen LogP contribution >= 0.6 is 22.7 Å². The zero-order valence-corrected chi connectivity index (χ0v) is 19.5. The molecule has 0 bridgehead atoms. The second-order valence-electron chi connectivity index (χ2n) is 7.27.